The lowest BCUT2D eigenvalue weighted by molar-refractivity contribution is 0.173. The first-order valence-electron chi connectivity index (χ1n) is 8.80. The Hall–Kier alpha value is -1.86. The van der Waals surface area contributed by atoms with Gasteiger partial charge in [-0.05, 0) is 36.1 Å². The van der Waals surface area contributed by atoms with Crippen molar-refractivity contribution in [3.63, 3.8) is 0 Å². The maximum atomic E-state index is 7.54. The lowest BCUT2D eigenvalue weighted by atomic mass is 9.93. The lowest BCUT2D eigenvalue weighted by Gasteiger charge is -2.35. The second kappa shape index (κ2) is 8.69. The van der Waals surface area contributed by atoms with Crippen LogP contribution in [-0.2, 0) is 19.4 Å². The summed E-state index contributed by atoms with van der Waals surface area (Å²) >= 11 is 3.50. The molecule has 5 nitrogen and oxygen atoms in total. The smallest absolute Gasteiger partial charge is 0.188 e. The summed E-state index contributed by atoms with van der Waals surface area (Å²) < 4.78 is 1.01. The van der Waals surface area contributed by atoms with Gasteiger partial charge in [-0.2, -0.15) is 0 Å². The van der Waals surface area contributed by atoms with Crippen LogP contribution < -0.4 is 11.2 Å². The standard InChI is InChI=1S/C19H23BBrN5/c20-16-10-14(11-17(21)12-16)3-4-18-15(2-1-5-24-18)13-25-6-8-26(9-7-25)19(22)23/h1-2,5,10-12H,3-4,6-9,13H2,(H3,22,23). The van der Waals surface area contributed by atoms with Gasteiger partial charge < -0.3 is 10.6 Å². The first-order chi connectivity index (χ1) is 12.5. The Morgan fingerprint density at radius 3 is 2.65 bits per heavy atom. The number of nitrogens with one attached hydrogen (secondary N) is 1. The number of halogens is 1. The van der Waals surface area contributed by atoms with Crippen LogP contribution in [0, 0.1) is 5.41 Å². The molecule has 1 aliphatic heterocycles. The average Bonchev–Trinajstić information content (AvgIpc) is 2.61. The van der Waals surface area contributed by atoms with E-state index in [2.05, 4.69) is 37.9 Å². The zero-order valence-electron chi connectivity index (χ0n) is 14.8. The van der Waals surface area contributed by atoms with Crippen LogP contribution in [0.5, 0.6) is 0 Å². The molecule has 0 unspecified atom stereocenters. The molecular formula is C19H23BBrN5. The normalized spacial score (nSPS) is 15.2. The number of nitrogens with two attached hydrogens (primary N) is 1. The van der Waals surface area contributed by atoms with Crippen molar-refractivity contribution in [2.75, 3.05) is 26.2 Å². The van der Waals surface area contributed by atoms with Gasteiger partial charge in [0.25, 0.3) is 0 Å². The van der Waals surface area contributed by atoms with Crippen molar-refractivity contribution in [2.45, 2.75) is 19.4 Å². The molecule has 1 saturated heterocycles. The number of hydrogen-bond donors (Lipinski definition) is 2. The minimum atomic E-state index is 0.167. The molecule has 2 aromatic rings. The number of pyridine rings is 1. The second-order valence-electron chi connectivity index (χ2n) is 6.65. The van der Waals surface area contributed by atoms with Crippen molar-refractivity contribution in [2.24, 2.45) is 5.73 Å². The van der Waals surface area contributed by atoms with Crippen LogP contribution in [0.4, 0.5) is 0 Å². The Kier molecular flexibility index (Phi) is 6.32. The van der Waals surface area contributed by atoms with Gasteiger partial charge in [-0.3, -0.25) is 15.3 Å². The molecule has 134 valence electrons. The highest BCUT2D eigenvalue weighted by atomic mass is 79.9. The summed E-state index contributed by atoms with van der Waals surface area (Å²) in [5.41, 5.74) is 9.97. The highest BCUT2D eigenvalue weighted by Crippen LogP contribution is 2.16. The van der Waals surface area contributed by atoms with Crippen molar-refractivity contribution in [1.82, 2.24) is 14.8 Å². The molecule has 3 rings (SSSR count). The van der Waals surface area contributed by atoms with E-state index in [-0.39, 0.29) is 5.96 Å². The maximum Gasteiger partial charge on any atom is 0.188 e. The number of piperazine rings is 1. The fourth-order valence-electron chi connectivity index (χ4n) is 3.31. The minimum absolute atomic E-state index is 0.167. The molecule has 1 aromatic carbocycles. The molecule has 0 spiro atoms. The zero-order chi connectivity index (χ0) is 18.5. The van der Waals surface area contributed by atoms with E-state index < -0.39 is 0 Å². The van der Waals surface area contributed by atoms with Gasteiger partial charge >= 0.3 is 0 Å². The van der Waals surface area contributed by atoms with E-state index in [1.807, 2.05) is 29.3 Å². The van der Waals surface area contributed by atoms with Crippen LogP contribution in [0.25, 0.3) is 0 Å². The number of benzene rings is 1. The highest BCUT2D eigenvalue weighted by Gasteiger charge is 2.18. The first kappa shape index (κ1) is 18.9. The molecule has 1 aromatic heterocycles. The predicted octanol–water partition coefficient (Wildman–Crippen LogP) is 1.43. The van der Waals surface area contributed by atoms with Gasteiger partial charge in [0.05, 0.1) is 0 Å². The molecule has 7 heteroatoms. The van der Waals surface area contributed by atoms with Crippen molar-refractivity contribution < 1.29 is 0 Å². The summed E-state index contributed by atoms with van der Waals surface area (Å²) in [5, 5.41) is 7.54. The topological polar surface area (TPSA) is 69.2 Å². The second-order valence-corrected chi connectivity index (χ2v) is 7.57. The lowest BCUT2D eigenvalue weighted by Crippen LogP contribution is -2.50. The van der Waals surface area contributed by atoms with Crippen LogP contribution in [0.3, 0.4) is 0 Å². The van der Waals surface area contributed by atoms with E-state index in [0.717, 1.165) is 61.2 Å². The number of rotatable bonds is 5. The first-order valence-corrected chi connectivity index (χ1v) is 9.59. The molecule has 0 bridgehead atoms. The number of nitrogens with zero attached hydrogens (tertiary/aromatic N) is 3. The Labute approximate surface area is 164 Å². The molecule has 2 radical (unpaired) electrons. The summed E-state index contributed by atoms with van der Waals surface area (Å²) in [7, 11) is 5.93. The molecule has 0 amide bonds. The van der Waals surface area contributed by atoms with Gasteiger partial charge in [-0.25, -0.2) is 0 Å². The van der Waals surface area contributed by atoms with Gasteiger partial charge in [-0.1, -0.05) is 39.6 Å². The van der Waals surface area contributed by atoms with Gasteiger partial charge in [0.15, 0.2) is 5.96 Å². The van der Waals surface area contributed by atoms with Crippen LogP contribution in [0.2, 0.25) is 0 Å². The summed E-state index contributed by atoms with van der Waals surface area (Å²) in [6, 6.07) is 10.2. The number of aryl methyl sites for hydroxylation is 2. The Morgan fingerprint density at radius 2 is 1.96 bits per heavy atom. The maximum absolute atomic E-state index is 7.54. The SMILES string of the molecule is [B]c1cc(Br)cc(CCc2ncccc2CN2CCN(C(=N)N)CC2)c1. The van der Waals surface area contributed by atoms with E-state index in [9.17, 15) is 0 Å². The quantitative estimate of drug-likeness (QED) is 0.443. The van der Waals surface area contributed by atoms with E-state index in [1.165, 1.54) is 11.1 Å². The van der Waals surface area contributed by atoms with Crippen molar-refractivity contribution >= 4 is 35.2 Å². The highest BCUT2D eigenvalue weighted by molar-refractivity contribution is 9.10. The molecule has 3 N–H and O–H groups in total. The van der Waals surface area contributed by atoms with Crippen LogP contribution in [0.1, 0.15) is 16.8 Å². The molecule has 2 heterocycles. The Morgan fingerprint density at radius 1 is 1.19 bits per heavy atom. The third-order valence-electron chi connectivity index (χ3n) is 4.72. The van der Waals surface area contributed by atoms with Crippen molar-refractivity contribution in [3.05, 3.63) is 57.8 Å². The average molecular weight is 412 g/mol. The van der Waals surface area contributed by atoms with E-state index in [1.54, 1.807) is 0 Å². The minimum Gasteiger partial charge on any atom is -0.370 e. The van der Waals surface area contributed by atoms with Crippen LogP contribution >= 0.6 is 15.9 Å². The molecule has 0 saturated carbocycles. The van der Waals surface area contributed by atoms with Crippen LogP contribution in [-0.4, -0.2) is 54.8 Å². The zero-order valence-corrected chi connectivity index (χ0v) is 16.4. The van der Waals surface area contributed by atoms with E-state index in [0.29, 0.717) is 0 Å². The molecule has 26 heavy (non-hydrogen) atoms. The summed E-state index contributed by atoms with van der Waals surface area (Å²) in [5.74, 6) is 0.167. The molecule has 0 aliphatic carbocycles. The van der Waals surface area contributed by atoms with Crippen molar-refractivity contribution in [3.8, 4) is 0 Å². The fourth-order valence-corrected chi connectivity index (χ4v) is 3.87. The van der Waals surface area contributed by atoms with Gasteiger partial charge in [-0.15, -0.1) is 0 Å². The van der Waals surface area contributed by atoms with E-state index in [4.69, 9.17) is 19.0 Å². The summed E-state index contributed by atoms with van der Waals surface area (Å²) in [4.78, 5) is 8.93. The van der Waals surface area contributed by atoms with Gasteiger partial charge in [0.1, 0.15) is 7.85 Å². The molecule has 1 fully saturated rings. The van der Waals surface area contributed by atoms with Gasteiger partial charge in [0.2, 0.25) is 0 Å². The number of hydrogen-bond acceptors (Lipinski definition) is 3. The molecular weight excluding hydrogens is 389 g/mol. The van der Waals surface area contributed by atoms with Crippen LogP contribution in [0.15, 0.2) is 41.0 Å². The monoisotopic (exact) mass is 411 g/mol. The summed E-state index contributed by atoms with van der Waals surface area (Å²) in [6.45, 7) is 4.33. The Balaban J connectivity index is 1.62. The number of aromatic nitrogens is 1. The molecule has 1 aliphatic rings. The molecule has 0 atom stereocenters. The third kappa shape index (κ3) is 5.08. The Bertz CT molecular complexity index is 754. The summed E-state index contributed by atoms with van der Waals surface area (Å²) in [6.07, 6.45) is 3.66. The predicted molar refractivity (Wildman–Crippen MR) is 110 cm³/mol. The fraction of sp³-hybridized carbons (Fsp3) is 0.368. The van der Waals surface area contributed by atoms with Crippen molar-refractivity contribution in [1.29, 1.82) is 5.41 Å². The van der Waals surface area contributed by atoms with E-state index >= 15 is 0 Å². The third-order valence-corrected chi connectivity index (χ3v) is 5.18. The number of guanidine groups is 1. The largest absolute Gasteiger partial charge is 0.370 e. The van der Waals surface area contributed by atoms with Gasteiger partial charge in [0, 0.05) is 49.1 Å².